The van der Waals surface area contributed by atoms with E-state index in [1.54, 1.807) is 0 Å². The number of nitrogens with one attached hydrogen (secondary N) is 1. The molecule has 0 aromatic rings. The summed E-state index contributed by atoms with van der Waals surface area (Å²) >= 11 is 0. The normalized spacial score (nSPS) is 28.0. The van der Waals surface area contributed by atoms with Crippen molar-refractivity contribution in [3.8, 4) is 0 Å². The highest BCUT2D eigenvalue weighted by molar-refractivity contribution is 5.69. The van der Waals surface area contributed by atoms with E-state index in [0.717, 1.165) is 25.7 Å². The molecule has 4 nitrogen and oxygen atoms in total. The van der Waals surface area contributed by atoms with Crippen LogP contribution in [0.25, 0.3) is 0 Å². The number of rotatable bonds is 3. The standard InChI is InChI=1S/C15H28N2O2/c1-15(2,3)19-14(18)17(11-9-10-11)13-8-6-5-7-12(13)16-4/h11-13,16H,5-10H2,1-4H3/t12-,13-/m1/s1. The zero-order valence-corrected chi connectivity index (χ0v) is 12.7. The third kappa shape index (κ3) is 3.85. The van der Waals surface area contributed by atoms with Crippen LogP contribution in [0.2, 0.25) is 0 Å². The third-order valence-electron chi connectivity index (χ3n) is 4.00. The monoisotopic (exact) mass is 268 g/mol. The van der Waals surface area contributed by atoms with E-state index >= 15 is 0 Å². The summed E-state index contributed by atoms with van der Waals surface area (Å²) in [4.78, 5) is 14.5. The van der Waals surface area contributed by atoms with Gasteiger partial charge in [-0.3, -0.25) is 0 Å². The van der Waals surface area contributed by atoms with Crippen molar-refractivity contribution in [2.75, 3.05) is 7.05 Å². The fraction of sp³-hybridized carbons (Fsp3) is 0.933. The smallest absolute Gasteiger partial charge is 0.410 e. The molecule has 0 aromatic heterocycles. The van der Waals surface area contributed by atoms with Crippen LogP contribution >= 0.6 is 0 Å². The first kappa shape index (κ1) is 14.6. The van der Waals surface area contributed by atoms with E-state index in [2.05, 4.69) is 5.32 Å². The molecule has 0 unspecified atom stereocenters. The molecule has 1 amide bonds. The Morgan fingerprint density at radius 3 is 2.32 bits per heavy atom. The van der Waals surface area contributed by atoms with Crippen molar-refractivity contribution in [3.05, 3.63) is 0 Å². The maximum atomic E-state index is 12.5. The van der Waals surface area contributed by atoms with E-state index in [1.165, 1.54) is 12.8 Å². The highest BCUT2D eigenvalue weighted by Crippen LogP contribution is 2.35. The van der Waals surface area contributed by atoms with Gasteiger partial charge in [0.15, 0.2) is 0 Å². The van der Waals surface area contributed by atoms with Crippen LogP contribution in [-0.2, 0) is 4.74 Å². The first-order chi connectivity index (χ1) is 8.92. The van der Waals surface area contributed by atoms with Gasteiger partial charge >= 0.3 is 6.09 Å². The number of nitrogens with zero attached hydrogens (tertiary/aromatic N) is 1. The molecular formula is C15H28N2O2. The predicted molar refractivity (Wildman–Crippen MR) is 76.2 cm³/mol. The van der Waals surface area contributed by atoms with E-state index in [0.29, 0.717) is 18.1 Å². The van der Waals surface area contributed by atoms with Crippen molar-refractivity contribution >= 4 is 6.09 Å². The molecule has 2 saturated carbocycles. The van der Waals surface area contributed by atoms with Crippen LogP contribution in [-0.4, -0.2) is 41.8 Å². The molecule has 1 N–H and O–H groups in total. The van der Waals surface area contributed by atoms with E-state index in [1.807, 2.05) is 32.7 Å². The van der Waals surface area contributed by atoms with Crippen molar-refractivity contribution in [2.24, 2.45) is 0 Å². The molecule has 19 heavy (non-hydrogen) atoms. The lowest BCUT2D eigenvalue weighted by atomic mass is 9.89. The Morgan fingerprint density at radius 1 is 1.16 bits per heavy atom. The second-order valence-electron chi connectivity index (χ2n) is 6.87. The van der Waals surface area contributed by atoms with Crippen LogP contribution in [0.15, 0.2) is 0 Å². The molecule has 110 valence electrons. The first-order valence-corrected chi connectivity index (χ1v) is 7.61. The molecule has 0 bridgehead atoms. The van der Waals surface area contributed by atoms with Gasteiger partial charge in [0.2, 0.25) is 0 Å². The van der Waals surface area contributed by atoms with Gasteiger partial charge in [-0.05, 0) is 53.5 Å². The SMILES string of the molecule is CN[C@@H]1CCCC[C@H]1N(C(=O)OC(C)(C)C)C1CC1. The summed E-state index contributed by atoms with van der Waals surface area (Å²) in [5, 5.41) is 3.39. The van der Waals surface area contributed by atoms with Gasteiger partial charge in [0.05, 0.1) is 6.04 Å². The molecule has 0 saturated heterocycles. The summed E-state index contributed by atoms with van der Waals surface area (Å²) in [5.41, 5.74) is -0.409. The minimum atomic E-state index is -0.409. The Hall–Kier alpha value is -0.770. The minimum Gasteiger partial charge on any atom is -0.444 e. The number of carbonyl (C=O) groups excluding carboxylic acids is 1. The van der Waals surface area contributed by atoms with E-state index in [4.69, 9.17) is 4.74 Å². The summed E-state index contributed by atoms with van der Waals surface area (Å²) < 4.78 is 5.61. The molecule has 0 spiro atoms. The van der Waals surface area contributed by atoms with Crippen molar-refractivity contribution in [2.45, 2.75) is 83.0 Å². The average molecular weight is 268 g/mol. The second-order valence-corrected chi connectivity index (χ2v) is 6.87. The number of ether oxygens (including phenoxy) is 1. The summed E-state index contributed by atoms with van der Waals surface area (Å²) in [7, 11) is 2.00. The highest BCUT2D eigenvalue weighted by Gasteiger charge is 2.42. The van der Waals surface area contributed by atoms with Crippen LogP contribution in [0.3, 0.4) is 0 Å². The lowest BCUT2D eigenvalue weighted by Gasteiger charge is -2.40. The number of likely N-dealkylation sites (N-methyl/N-ethyl adjacent to an activating group) is 1. The third-order valence-corrected chi connectivity index (χ3v) is 4.00. The number of hydrogen-bond acceptors (Lipinski definition) is 3. The predicted octanol–water partition coefficient (Wildman–Crippen LogP) is 2.92. The van der Waals surface area contributed by atoms with Gasteiger partial charge < -0.3 is 15.0 Å². The maximum Gasteiger partial charge on any atom is 0.410 e. The molecule has 0 aliphatic heterocycles. The van der Waals surface area contributed by atoms with Crippen molar-refractivity contribution in [1.29, 1.82) is 0 Å². The molecule has 2 aliphatic carbocycles. The Labute approximate surface area is 116 Å². The molecule has 0 aromatic carbocycles. The fourth-order valence-electron chi connectivity index (χ4n) is 3.00. The molecule has 0 radical (unpaired) electrons. The van der Waals surface area contributed by atoms with Gasteiger partial charge in [-0.15, -0.1) is 0 Å². The summed E-state index contributed by atoms with van der Waals surface area (Å²) in [6.45, 7) is 5.81. The van der Waals surface area contributed by atoms with Gasteiger partial charge in [0, 0.05) is 12.1 Å². The largest absolute Gasteiger partial charge is 0.444 e. The number of amides is 1. The Balaban J connectivity index is 2.08. The van der Waals surface area contributed by atoms with Gasteiger partial charge in [0.25, 0.3) is 0 Å². The van der Waals surface area contributed by atoms with Crippen molar-refractivity contribution in [1.82, 2.24) is 10.2 Å². The molecule has 0 heterocycles. The topological polar surface area (TPSA) is 41.6 Å². The van der Waals surface area contributed by atoms with Crippen LogP contribution < -0.4 is 5.32 Å². The van der Waals surface area contributed by atoms with Gasteiger partial charge in [-0.25, -0.2) is 4.79 Å². The zero-order chi connectivity index (χ0) is 14.0. The van der Waals surface area contributed by atoms with Gasteiger partial charge in [-0.1, -0.05) is 12.8 Å². The second kappa shape index (κ2) is 5.70. The van der Waals surface area contributed by atoms with Crippen LogP contribution in [0.1, 0.15) is 59.3 Å². The molecule has 2 fully saturated rings. The fourth-order valence-corrected chi connectivity index (χ4v) is 3.00. The summed E-state index contributed by atoms with van der Waals surface area (Å²) in [6, 6.07) is 1.14. The van der Waals surface area contributed by atoms with Gasteiger partial charge in [-0.2, -0.15) is 0 Å². The lowest BCUT2D eigenvalue weighted by molar-refractivity contribution is 0.00563. The molecular weight excluding hydrogens is 240 g/mol. The number of carbonyl (C=O) groups is 1. The molecule has 4 heteroatoms. The lowest BCUT2D eigenvalue weighted by Crippen LogP contribution is -2.54. The minimum absolute atomic E-state index is 0.123. The van der Waals surface area contributed by atoms with Crippen molar-refractivity contribution in [3.63, 3.8) is 0 Å². The molecule has 2 atom stereocenters. The Bertz CT molecular complexity index is 321. The first-order valence-electron chi connectivity index (χ1n) is 7.61. The quantitative estimate of drug-likeness (QED) is 0.855. The van der Waals surface area contributed by atoms with E-state index in [9.17, 15) is 4.79 Å². The highest BCUT2D eigenvalue weighted by atomic mass is 16.6. The van der Waals surface area contributed by atoms with Crippen LogP contribution in [0.5, 0.6) is 0 Å². The molecule has 2 aliphatic rings. The summed E-state index contributed by atoms with van der Waals surface area (Å²) in [5.74, 6) is 0. The average Bonchev–Trinajstić information content (AvgIpc) is 3.12. The summed E-state index contributed by atoms with van der Waals surface area (Å²) in [6.07, 6.45) is 6.87. The van der Waals surface area contributed by atoms with Gasteiger partial charge in [0.1, 0.15) is 5.60 Å². The number of hydrogen-bond donors (Lipinski definition) is 1. The van der Waals surface area contributed by atoms with E-state index < -0.39 is 5.60 Å². The Morgan fingerprint density at radius 2 is 1.79 bits per heavy atom. The zero-order valence-electron chi connectivity index (χ0n) is 12.7. The maximum absolute atomic E-state index is 12.5. The van der Waals surface area contributed by atoms with E-state index in [-0.39, 0.29) is 6.09 Å². The van der Waals surface area contributed by atoms with Crippen LogP contribution in [0.4, 0.5) is 4.79 Å². The molecule has 2 rings (SSSR count). The Kier molecular flexibility index (Phi) is 4.39. The van der Waals surface area contributed by atoms with Crippen molar-refractivity contribution < 1.29 is 9.53 Å². The van der Waals surface area contributed by atoms with Crippen LogP contribution in [0, 0.1) is 0 Å².